The maximum absolute atomic E-state index is 12.1. The quantitative estimate of drug-likeness (QED) is 0.805. The van der Waals surface area contributed by atoms with Crippen molar-refractivity contribution >= 4 is 27.3 Å². The van der Waals surface area contributed by atoms with Crippen LogP contribution in [0, 0.1) is 0 Å². The van der Waals surface area contributed by atoms with Crippen molar-refractivity contribution in [2.75, 3.05) is 29.5 Å². The van der Waals surface area contributed by atoms with Crippen LogP contribution in [0.1, 0.15) is 25.3 Å². The Morgan fingerprint density at radius 1 is 1.15 bits per heavy atom. The van der Waals surface area contributed by atoms with Gasteiger partial charge in [0.2, 0.25) is 10.0 Å². The number of hydrogen-bond acceptors (Lipinski definition) is 4. The van der Waals surface area contributed by atoms with Crippen molar-refractivity contribution in [1.29, 1.82) is 0 Å². The lowest BCUT2D eigenvalue weighted by atomic mass is 10.0. The SMILES string of the molecule is CC(C)c1ccc(OCC(=O)Nc2cccc(N(C)S(C)(=O)=O)c2)cc1. The van der Waals surface area contributed by atoms with E-state index < -0.39 is 10.0 Å². The third-order valence-corrected chi connectivity index (χ3v) is 5.11. The van der Waals surface area contributed by atoms with E-state index in [1.54, 1.807) is 24.3 Å². The molecule has 1 N–H and O–H groups in total. The van der Waals surface area contributed by atoms with Gasteiger partial charge in [0.25, 0.3) is 5.91 Å². The summed E-state index contributed by atoms with van der Waals surface area (Å²) in [6.45, 7) is 4.09. The van der Waals surface area contributed by atoms with Crippen LogP contribution in [0.15, 0.2) is 48.5 Å². The summed E-state index contributed by atoms with van der Waals surface area (Å²) in [4.78, 5) is 12.1. The molecule has 0 atom stereocenters. The van der Waals surface area contributed by atoms with E-state index in [0.717, 1.165) is 10.6 Å². The van der Waals surface area contributed by atoms with Gasteiger partial charge in [-0.15, -0.1) is 0 Å². The van der Waals surface area contributed by atoms with E-state index in [-0.39, 0.29) is 12.5 Å². The smallest absolute Gasteiger partial charge is 0.262 e. The van der Waals surface area contributed by atoms with E-state index in [9.17, 15) is 13.2 Å². The van der Waals surface area contributed by atoms with Crippen molar-refractivity contribution in [3.63, 3.8) is 0 Å². The van der Waals surface area contributed by atoms with Crippen LogP contribution in [0.5, 0.6) is 5.75 Å². The lowest BCUT2D eigenvalue weighted by molar-refractivity contribution is -0.118. The molecule has 0 fully saturated rings. The van der Waals surface area contributed by atoms with E-state index in [2.05, 4.69) is 19.2 Å². The third kappa shape index (κ3) is 5.49. The predicted octanol–water partition coefficient (Wildman–Crippen LogP) is 3.22. The number of hydrogen-bond donors (Lipinski definition) is 1. The van der Waals surface area contributed by atoms with Crippen LogP contribution in [-0.2, 0) is 14.8 Å². The van der Waals surface area contributed by atoms with Crippen LogP contribution in [0.25, 0.3) is 0 Å². The largest absolute Gasteiger partial charge is 0.484 e. The zero-order chi connectivity index (χ0) is 19.3. The van der Waals surface area contributed by atoms with Gasteiger partial charge >= 0.3 is 0 Å². The Morgan fingerprint density at radius 2 is 1.81 bits per heavy atom. The maximum Gasteiger partial charge on any atom is 0.262 e. The lowest BCUT2D eigenvalue weighted by Crippen LogP contribution is -2.25. The summed E-state index contributed by atoms with van der Waals surface area (Å²) in [6.07, 6.45) is 1.12. The summed E-state index contributed by atoms with van der Waals surface area (Å²) in [6, 6.07) is 14.2. The maximum atomic E-state index is 12.1. The van der Waals surface area contributed by atoms with Gasteiger partial charge in [-0.05, 0) is 41.8 Å². The van der Waals surface area contributed by atoms with Crippen LogP contribution >= 0.6 is 0 Å². The molecule has 0 spiro atoms. The highest BCUT2D eigenvalue weighted by atomic mass is 32.2. The molecule has 0 heterocycles. The van der Waals surface area contributed by atoms with E-state index >= 15 is 0 Å². The molecule has 140 valence electrons. The first-order chi connectivity index (χ1) is 12.2. The van der Waals surface area contributed by atoms with Crippen LogP contribution in [-0.4, -0.2) is 34.2 Å². The van der Waals surface area contributed by atoms with E-state index in [1.807, 2.05) is 24.3 Å². The molecule has 0 saturated carbocycles. The van der Waals surface area contributed by atoms with E-state index in [1.165, 1.54) is 12.6 Å². The van der Waals surface area contributed by atoms with Gasteiger partial charge < -0.3 is 10.1 Å². The number of benzene rings is 2. The highest BCUT2D eigenvalue weighted by molar-refractivity contribution is 7.92. The number of rotatable bonds is 7. The molecule has 0 unspecified atom stereocenters. The zero-order valence-corrected chi connectivity index (χ0v) is 16.2. The third-order valence-electron chi connectivity index (χ3n) is 3.91. The Kier molecular flexibility index (Phi) is 6.26. The second kappa shape index (κ2) is 8.23. The van der Waals surface area contributed by atoms with Gasteiger partial charge in [0, 0.05) is 12.7 Å². The van der Waals surface area contributed by atoms with Crippen molar-refractivity contribution in [1.82, 2.24) is 0 Å². The molecule has 2 aromatic rings. The molecular formula is C19H24N2O4S. The Labute approximate surface area is 154 Å². The number of nitrogens with one attached hydrogen (secondary N) is 1. The van der Waals surface area contributed by atoms with Crippen molar-refractivity contribution in [2.24, 2.45) is 0 Å². The second-order valence-corrected chi connectivity index (χ2v) is 8.36. The van der Waals surface area contributed by atoms with Crippen molar-refractivity contribution < 1.29 is 17.9 Å². The second-order valence-electron chi connectivity index (χ2n) is 6.34. The predicted molar refractivity (Wildman–Crippen MR) is 104 cm³/mol. The fourth-order valence-electron chi connectivity index (χ4n) is 2.27. The normalized spacial score (nSPS) is 11.3. The van der Waals surface area contributed by atoms with Crippen molar-refractivity contribution in [3.05, 3.63) is 54.1 Å². The van der Waals surface area contributed by atoms with Gasteiger partial charge in [0.15, 0.2) is 6.61 Å². The molecule has 0 bridgehead atoms. The number of carbonyl (C=O) groups is 1. The van der Waals surface area contributed by atoms with Gasteiger partial charge in [0.05, 0.1) is 11.9 Å². The number of nitrogens with zero attached hydrogens (tertiary/aromatic N) is 1. The Balaban J connectivity index is 1.95. The summed E-state index contributed by atoms with van der Waals surface area (Å²) in [5.74, 6) is 0.733. The highest BCUT2D eigenvalue weighted by Gasteiger charge is 2.13. The number of sulfonamides is 1. The lowest BCUT2D eigenvalue weighted by Gasteiger charge is -2.17. The molecule has 7 heteroatoms. The summed E-state index contributed by atoms with van der Waals surface area (Å²) in [5, 5.41) is 2.70. The summed E-state index contributed by atoms with van der Waals surface area (Å²) < 4.78 is 29.9. The summed E-state index contributed by atoms with van der Waals surface area (Å²) in [7, 11) is -1.90. The standard InChI is InChI=1S/C19H24N2O4S/c1-14(2)15-8-10-18(11-9-15)25-13-19(22)20-16-6-5-7-17(12-16)21(3)26(4,23)24/h5-12,14H,13H2,1-4H3,(H,20,22). The number of carbonyl (C=O) groups excluding carboxylic acids is 1. The molecule has 0 radical (unpaired) electrons. The topological polar surface area (TPSA) is 75.7 Å². The first kappa shape index (κ1) is 19.8. The minimum absolute atomic E-state index is 0.132. The zero-order valence-electron chi connectivity index (χ0n) is 15.4. The summed E-state index contributed by atoms with van der Waals surface area (Å²) in [5.41, 5.74) is 2.17. The van der Waals surface area contributed by atoms with Crippen LogP contribution in [0.2, 0.25) is 0 Å². The number of amides is 1. The molecule has 0 aromatic heterocycles. The van der Waals surface area contributed by atoms with Gasteiger partial charge in [-0.2, -0.15) is 0 Å². The first-order valence-corrected chi connectivity index (χ1v) is 10.1. The van der Waals surface area contributed by atoms with Gasteiger partial charge in [-0.25, -0.2) is 8.42 Å². The van der Waals surface area contributed by atoms with Crippen LogP contribution in [0.4, 0.5) is 11.4 Å². The van der Waals surface area contributed by atoms with Crippen LogP contribution in [0.3, 0.4) is 0 Å². The molecule has 0 aliphatic heterocycles. The monoisotopic (exact) mass is 376 g/mol. The fourth-order valence-corrected chi connectivity index (χ4v) is 2.76. The minimum Gasteiger partial charge on any atom is -0.484 e. The first-order valence-electron chi connectivity index (χ1n) is 8.23. The molecule has 6 nitrogen and oxygen atoms in total. The van der Waals surface area contributed by atoms with Gasteiger partial charge in [-0.3, -0.25) is 9.10 Å². The number of anilines is 2. The minimum atomic E-state index is -3.36. The van der Waals surface area contributed by atoms with E-state index in [0.29, 0.717) is 23.0 Å². The average molecular weight is 376 g/mol. The fraction of sp³-hybridized carbons (Fsp3) is 0.316. The molecule has 1 amide bonds. The Morgan fingerprint density at radius 3 is 2.38 bits per heavy atom. The van der Waals surface area contributed by atoms with E-state index in [4.69, 9.17) is 4.74 Å². The molecule has 0 aliphatic rings. The molecule has 0 aliphatic carbocycles. The molecular weight excluding hydrogens is 352 g/mol. The van der Waals surface area contributed by atoms with Crippen molar-refractivity contribution in [3.8, 4) is 5.75 Å². The van der Waals surface area contributed by atoms with Gasteiger partial charge in [0.1, 0.15) is 5.75 Å². The van der Waals surface area contributed by atoms with Gasteiger partial charge in [-0.1, -0.05) is 32.0 Å². The Hall–Kier alpha value is -2.54. The average Bonchev–Trinajstić information content (AvgIpc) is 2.59. The number of ether oxygens (including phenoxy) is 1. The summed E-state index contributed by atoms with van der Waals surface area (Å²) >= 11 is 0. The van der Waals surface area contributed by atoms with Crippen molar-refractivity contribution in [2.45, 2.75) is 19.8 Å². The Bertz CT molecular complexity index is 861. The molecule has 0 saturated heterocycles. The molecule has 2 aromatic carbocycles. The highest BCUT2D eigenvalue weighted by Crippen LogP contribution is 2.21. The molecule has 26 heavy (non-hydrogen) atoms. The molecule has 2 rings (SSSR count). The van der Waals surface area contributed by atoms with Crippen LogP contribution < -0.4 is 14.4 Å².